The third kappa shape index (κ3) is 2.58. The van der Waals surface area contributed by atoms with Crippen LogP contribution in [0, 0.1) is 6.92 Å². The molecule has 1 aliphatic heterocycles. The zero-order chi connectivity index (χ0) is 19.3. The molecule has 5 rings (SSSR count). The smallest absolute Gasteiger partial charge is 0.261 e. The zero-order valence-corrected chi connectivity index (χ0v) is 16.1. The van der Waals surface area contributed by atoms with E-state index in [4.69, 9.17) is 4.98 Å². The second-order valence-corrected chi connectivity index (χ2v) is 7.50. The molecule has 4 aromatic rings. The molecule has 1 saturated heterocycles. The molecule has 0 N–H and O–H groups in total. The summed E-state index contributed by atoms with van der Waals surface area (Å²) in [6.07, 6.45) is 2.05. The number of anilines is 1. The number of rotatable bonds is 2. The summed E-state index contributed by atoms with van der Waals surface area (Å²) in [6.45, 7) is 2.98. The van der Waals surface area contributed by atoms with Crippen LogP contribution in [0.5, 0.6) is 0 Å². The Balaban J connectivity index is 1.70. The minimum atomic E-state index is 0.0169. The molecule has 5 heteroatoms. The third-order valence-corrected chi connectivity index (χ3v) is 5.70. The summed E-state index contributed by atoms with van der Waals surface area (Å²) in [5.41, 5.74) is 3.96. The number of fused-ring (bicyclic) bond motifs is 2. The van der Waals surface area contributed by atoms with Crippen molar-refractivity contribution in [3.05, 3.63) is 76.5 Å². The van der Waals surface area contributed by atoms with Gasteiger partial charge in [0.05, 0.1) is 22.5 Å². The molecule has 28 heavy (non-hydrogen) atoms. The van der Waals surface area contributed by atoms with E-state index in [0.717, 1.165) is 47.3 Å². The van der Waals surface area contributed by atoms with E-state index < -0.39 is 0 Å². The lowest BCUT2D eigenvalue weighted by Gasteiger charge is -2.29. The summed E-state index contributed by atoms with van der Waals surface area (Å²) in [4.78, 5) is 24.9. The minimum absolute atomic E-state index is 0.0169. The van der Waals surface area contributed by atoms with Crippen molar-refractivity contribution in [1.82, 2.24) is 14.5 Å². The highest BCUT2D eigenvalue weighted by atomic mass is 16.1. The van der Waals surface area contributed by atoms with Crippen LogP contribution in [0.15, 0.2) is 59.4 Å². The maximum absolute atomic E-state index is 12.9. The van der Waals surface area contributed by atoms with Crippen molar-refractivity contribution in [2.24, 2.45) is 7.05 Å². The van der Waals surface area contributed by atoms with Crippen molar-refractivity contribution < 1.29 is 0 Å². The van der Waals surface area contributed by atoms with Crippen LogP contribution in [0.2, 0.25) is 0 Å². The summed E-state index contributed by atoms with van der Waals surface area (Å²) in [5, 5.41) is 1.81. The van der Waals surface area contributed by atoms with Gasteiger partial charge in [0.1, 0.15) is 5.82 Å². The Morgan fingerprint density at radius 2 is 1.64 bits per heavy atom. The average molecular weight is 370 g/mol. The molecule has 0 radical (unpaired) electrons. The first-order chi connectivity index (χ1) is 13.6. The lowest BCUT2D eigenvalue weighted by molar-refractivity contribution is 0.611. The van der Waals surface area contributed by atoms with Crippen LogP contribution in [-0.2, 0) is 7.05 Å². The van der Waals surface area contributed by atoms with Crippen molar-refractivity contribution in [2.45, 2.75) is 25.8 Å². The Bertz CT molecular complexity index is 1260. The van der Waals surface area contributed by atoms with E-state index in [-0.39, 0.29) is 11.6 Å². The average Bonchev–Trinajstić information content (AvgIpc) is 3.19. The van der Waals surface area contributed by atoms with Gasteiger partial charge in [0.2, 0.25) is 0 Å². The van der Waals surface area contributed by atoms with Gasteiger partial charge in [-0.1, -0.05) is 30.3 Å². The second kappa shape index (κ2) is 6.44. The van der Waals surface area contributed by atoms with Crippen LogP contribution in [0.1, 0.15) is 30.4 Å². The lowest BCUT2D eigenvalue weighted by Crippen LogP contribution is -2.31. The zero-order valence-electron chi connectivity index (χ0n) is 16.1. The first-order valence-corrected chi connectivity index (χ1v) is 9.72. The summed E-state index contributed by atoms with van der Waals surface area (Å²) in [5.74, 6) is 0.833. The number of hydrogen-bond acceptors (Lipinski definition) is 4. The highest BCUT2D eigenvalue weighted by Gasteiger charge is 2.31. The van der Waals surface area contributed by atoms with Crippen LogP contribution in [0.4, 0.5) is 5.69 Å². The highest BCUT2D eigenvalue weighted by molar-refractivity contribution is 5.92. The van der Waals surface area contributed by atoms with Crippen LogP contribution >= 0.6 is 0 Å². The standard InChI is InChI=1S/C23H22N4O/c1-15-14-21(16-8-3-5-10-18(16)24-15)27-13-7-12-20(27)22-25-19-11-6-4-9-17(19)23(28)26(22)2/h3-6,8-11,14,20H,7,12-13H2,1-2H3. The van der Waals surface area contributed by atoms with E-state index in [1.54, 1.807) is 4.57 Å². The molecule has 1 atom stereocenters. The van der Waals surface area contributed by atoms with Crippen molar-refractivity contribution in [2.75, 3.05) is 11.4 Å². The van der Waals surface area contributed by atoms with Crippen LogP contribution in [0.25, 0.3) is 21.8 Å². The van der Waals surface area contributed by atoms with E-state index in [1.807, 2.05) is 44.3 Å². The first kappa shape index (κ1) is 16.9. The number of pyridine rings is 1. The molecular formula is C23H22N4O. The third-order valence-electron chi connectivity index (χ3n) is 5.70. The maximum Gasteiger partial charge on any atom is 0.261 e. The molecule has 2 aromatic heterocycles. The number of nitrogens with zero attached hydrogens (tertiary/aromatic N) is 4. The topological polar surface area (TPSA) is 51.0 Å². The molecule has 3 heterocycles. The molecule has 1 aliphatic rings. The van der Waals surface area contributed by atoms with Gasteiger partial charge in [-0.25, -0.2) is 4.98 Å². The largest absolute Gasteiger partial charge is 0.361 e. The quantitative estimate of drug-likeness (QED) is 0.532. The summed E-state index contributed by atoms with van der Waals surface area (Å²) in [7, 11) is 1.84. The van der Waals surface area contributed by atoms with Gasteiger partial charge in [0.15, 0.2) is 0 Å². The molecule has 2 aromatic carbocycles. The van der Waals surface area contributed by atoms with E-state index in [9.17, 15) is 4.79 Å². The van der Waals surface area contributed by atoms with Gasteiger partial charge >= 0.3 is 0 Å². The predicted octanol–water partition coefficient (Wildman–Crippen LogP) is 4.13. The Hall–Kier alpha value is -3.21. The van der Waals surface area contributed by atoms with E-state index >= 15 is 0 Å². The van der Waals surface area contributed by atoms with Gasteiger partial charge in [-0.3, -0.25) is 14.3 Å². The Morgan fingerprint density at radius 3 is 2.43 bits per heavy atom. The number of hydrogen-bond donors (Lipinski definition) is 0. The van der Waals surface area contributed by atoms with Gasteiger partial charge in [-0.05, 0) is 44.0 Å². The first-order valence-electron chi connectivity index (χ1n) is 9.72. The SMILES string of the molecule is Cc1cc(N2CCCC2c2nc3ccccc3c(=O)n2C)c2ccccc2n1. The molecule has 0 spiro atoms. The fourth-order valence-corrected chi connectivity index (χ4v) is 4.38. The van der Waals surface area contributed by atoms with Crippen molar-refractivity contribution in [3.8, 4) is 0 Å². The molecule has 140 valence electrons. The van der Waals surface area contributed by atoms with E-state index in [2.05, 4.69) is 34.1 Å². The molecule has 0 saturated carbocycles. The minimum Gasteiger partial charge on any atom is -0.361 e. The summed E-state index contributed by atoms with van der Waals surface area (Å²) >= 11 is 0. The molecule has 1 unspecified atom stereocenters. The molecule has 0 aliphatic carbocycles. The monoisotopic (exact) mass is 370 g/mol. The number of aryl methyl sites for hydroxylation is 1. The van der Waals surface area contributed by atoms with Gasteiger partial charge in [-0.15, -0.1) is 0 Å². The van der Waals surface area contributed by atoms with Crippen LogP contribution < -0.4 is 10.5 Å². The lowest BCUT2D eigenvalue weighted by atomic mass is 10.1. The fraction of sp³-hybridized carbons (Fsp3) is 0.261. The number of benzene rings is 2. The van der Waals surface area contributed by atoms with Gasteiger partial charge < -0.3 is 4.90 Å². The van der Waals surface area contributed by atoms with Crippen molar-refractivity contribution >= 4 is 27.5 Å². The van der Waals surface area contributed by atoms with Crippen LogP contribution in [-0.4, -0.2) is 21.1 Å². The highest BCUT2D eigenvalue weighted by Crippen LogP contribution is 2.38. The van der Waals surface area contributed by atoms with Gasteiger partial charge in [-0.2, -0.15) is 0 Å². The molecule has 1 fully saturated rings. The van der Waals surface area contributed by atoms with Gasteiger partial charge in [0, 0.05) is 30.4 Å². The Labute approximate surface area is 163 Å². The van der Waals surface area contributed by atoms with E-state index in [0.29, 0.717) is 5.39 Å². The van der Waals surface area contributed by atoms with Crippen molar-refractivity contribution in [3.63, 3.8) is 0 Å². The Kier molecular flexibility index (Phi) is 3.90. The fourth-order valence-electron chi connectivity index (χ4n) is 4.38. The maximum atomic E-state index is 12.9. The van der Waals surface area contributed by atoms with Gasteiger partial charge in [0.25, 0.3) is 5.56 Å². The van der Waals surface area contributed by atoms with Crippen molar-refractivity contribution in [1.29, 1.82) is 0 Å². The molecule has 0 bridgehead atoms. The number of aromatic nitrogens is 3. The summed E-state index contributed by atoms with van der Waals surface area (Å²) in [6, 6.07) is 18.1. The second-order valence-electron chi connectivity index (χ2n) is 7.50. The summed E-state index contributed by atoms with van der Waals surface area (Å²) < 4.78 is 1.72. The Morgan fingerprint density at radius 1 is 0.964 bits per heavy atom. The predicted molar refractivity (Wildman–Crippen MR) is 113 cm³/mol. The molecular weight excluding hydrogens is 348 g/mol. The van der Waals surface area contributed by atoms with Crippen LogP contribution in [0.3, 0.4) is 0 Å². The molecule has 0 amide bonds. The number of para-hydroxylation sites is 2. The normalized spacial score (nSPS) is 16.9. The van der Waals surface area contributed by atoms with E-state index in [1.165, 1.54) is 5.69 Å². The molecule has 5 nitrogen and oxygen atoms in total.